The van der Waals surface area contributed by atoms with Gasteiger partial charge in [-0.05, 0) is 77.1 Å². The molecule has 2 aliphatic heterocycles. The fourth-order valence-corrected chi connectivity index (χ4v) is 5.59. The van der Waals surface area contributed by atoms with E-state index in [-0.39, 0.29) is 12.5 Å². The van der Waals surface area contributed by atoms with Gasteiger partial charge in [0, 0.05) is 10.0 Å². The molecule has 2 fully saturated rings. The molecule has 2 unspecified atom stereocenters. The monoisotopic (exact) mass is 570 g/mol. The van der Waals surface area contributed by atoms with Crippen LogP contribution in [0.3, 0.4) is 0 Å². The summed E-state index contributed by atoms with van der Waals surface area (Å²) in [6, 6.07) is 16.3. The van der Waals surface area contributed by atoms with Crippen molar-refractivity contribution in [3.63, 3.8) is 0 Å². The van der Waals surface area contributed by atoms with Gasteiger partial charge in [0.25, 0.3) is 0 Å². The molecule has 8 heteroatoms. The van der Waals surface area contributed by atoms with E-state index < -0.39 is 41.3 Å². The summed E-state index contributed by atoms with van der Waals surface area (Å²) in [5.41, 5.74) is 0.552. The highest BCUT2D eigenvalue weighted by Gasteiger charge is 2.52. The largest absolute Gasteiger partial charge is 0.447 e. The van der Waals surface area contributed by atoms with Gasteiger partial charge in [0.05, 0.1) is 18.0 Å². The van der Waals surface area contributed by atoms with Gasteiger partial charge in [0.1, 0.15) is 12.2 Å². The normalized spacial score (nSPS) is 22.1. The Labute approximate surface area is 227 Å². The average molecular weight is 572 g/mol. The van der Waals surface area contributed by atoms with E-state index in [1.54, 1.807) is 4.90 Å². The number of hydrogen-bond acceptors (Lipinski definition) is 5. The van der Waals surface area contributed by atoms with Crippen LogP contribution in [-0.4, -0.2) is 57.7 Å². The molecule has 2 aliphatic rings. The third kappa shape index (κ3) is 6.00. The maximum absolute atomic E-state index is 14.3. The second kappa shape index (κ2) is 10.5. The molecule has 0 N–H and O–H groups in total. The number of ether oxygens (including phenoxy) is 2. The number of amides is 3. The first-order chi connectivity index (χ1) is 17.4. The lowest BCUT2D eigenvalue weighted by molar-refractivity contribution is -0.132. The molecule has 0 bridgehead atoms. The van der Waals surface area contributed by atoms with Crippen molar-refractivity contribution in [1.82, 2.24) is 9.80 Å². The summed E-state index contributed by atoms with van der Waals surface area (Å²) < 4.78 is 12.0. The number of cyclic esters (lactones) is 1. The average Bonchev–Trinajstić information content (AvgIpc) is 3.33. The number of carbonyl (C=O) groups is 3. The van der Waals surface area contributed by atoms with E-state index >= 15 is 0 Å². The molecule has 198 valence electrons. The van der Waals surface area contributed by atoms with Gasteiger partial charge in [0.15, 0.2) is 0 Å². The quantitative estimate of drug-likeness (QED) is 0.421. The number of carbonyl (C=O) groups excluding carboxylic acids is 3. The van der Waals surface area contributed by atoms with Gasteiger partial charge in [-0.3, -0.25) is 9.69 Å². The molecule has 0 aromatic heterocycles. The minimum Gasteiger partial charge on any atom is -0.447 e. The van der Waals surface area contributed by atoms with Crippen LogP contribution in [0.4, 0.5) is 9.59 Å². The number of rotatable bonds is 5. The van der Waals surface area contributed by atoms with E-state index in [0.717, 1.165) is 15.6 Å². The van der Waals surface area contributed by atoms with E-state index in [4.69, 9.17) is 9.47 Å². The zero-order valence-electron chi connectivity index (χ0n) is 22.1. The lowest BCUT2D eigenvalue weighted by Gasteiger charge is -2.40. The topological polar surface area (TPSA) is 76.2 Å². The van der Waals surface area contributed by atoms with Crippen LogP contribution in [0.2, 0.25) is 0 Å². The van der Waals surface area contributed by atoms with Gasteiger partial charge in [-0.1, -0.05) is 58.4 Å². The Morgan fingerprint density at radius 3 is 2.38 bits per heavy atom. The number of likely N-dealkylation sites (tertiary alicyclic amines) is 1. The molecule has 7 nitrogen and oxygen atoms in total. The predicted molar refractivity (Wildman–Crippen MR) is 144 cm³/mol. The van der Waals surface area contributed by atoms with Crippen LogP contribution in [0.1, 0.15) is 64.5 Å². The molecule has 2 heterocycles. The van der Waals surface area contributed by atoms with Crippen molar-refractivity contribution in [2.75, 3.05) is 6.61 Å². The molecule has 37 heavy (non-hydrogen) atoms. The van der Waals surface area contributed by atoms with Crippen LogP contribution >= 0.6 is 15.9 Å². The number of benzene rings is 2. The third-order valence-electron chi connectivity index (χ3n) is 7.02. The Hall–Kier alpha value is -2.87. The smallest absolute Gasteiger partial charge is 0.417 e. The Morgan fingerprint density at radius 1 is 1.11 bits per heavy atom. The minimum absolute atomic E-state index is 0.137. The molecular formula is C29H35BrN2O5. The molecule has 2 aromatic rings. The molecule has 0 radical (unpaired) electrons. The molecule has 3 amide bonds. The SMILES string of the molecule is CC(C)(C)OC(=O)N1C([C@H](C(=O)N2C(=O)OCC2Cc2ccccc2)c2ccc(Br)cc2)CCC1(C)C. The summed E-state index contributed by atoms with van der Waals surface area (Å²) in [7, 11) is 0. The van der Waals surface area contributed by atoms with Crippen molar-refractivity contribution in [3.05, 3.63) is 70.2 Å². The standard InChI is InChI=1S/C29H35BrN2O5/c1-28(2,3)37-27(35)32-23(15-16-29(32,4)5)24(20-11-13-21(30)14-12-20)25(33)31-22(18-36-26(31)34)17-19-9-7-6-8-10-19/h6-14,22-24H,15-18H2,1-5H3/t22?,23?,24-/m1/s1. The highest BCUT2D eigenvalue weighted by molar-refractivity contribution is 9.10. The summed E-state index contributed by atoms with van der Waals surface area (Å²) in [5.74, 6) is -1.12. The van der Waals surface area contributed by atoms with Gasteiger partial charge in [-0.2, -0.15) is 0 Å². The van der Waals surface area contributed by atoms with Crippen molar-refractivity contribution in [2.45, 2.75) is 83.0 Å². The van der Waals surface area contributed by atoms with Crippen molar-refractivity contribution >= 4 is 34.0 Å². The van der Waals surface area contributed by atoms with Crippen LogP contribution < -0.4 is 0 Å². The lowest BCUT2D eigenvalue weighted by Crippen LogP contribution is -2.54. The number of nitrogens with zero attached hydrogens (tertiary/aromatic N) is 2. The molecule has 0 saturated carbocycles. The summed E-state index contributed by atoms with van der Waals surface area (Å²) in [6.07, 6.45) is 0.700. The molecular weight excluding hydrogens is 536 g/mol. The molecule has 2 aromatic carbocycles. The Morgan fingerprint density at radius 2 is 1.76 bits per heavy atom. The second-order valence-electron chi connectivity index (χ2n) is 11.4. The van der Waals surface area contributed by atoms with Crippen molar-refractivity contribution in [1.29, 1.82) is 0 Å². The van der Waals surface area contributed by atoms with Crippen LogP contribution in [-0.2, 0) is 20.7 Å². The molecule has 3 atom stereocenters. The van der Waals surface area contributed by atoms with Crippen LogP contribution in [0.25, 0.3) is 0 Å². The fourth-order valence-electron chi connectivity index (χ4n) is 5.33. The minimum atomic E-state index is -0.758. The van der Waals surface area contributed by atoms with E-state index in [1.807, 2.05) is 89.2 Å². The molecule has 0 spiro atoms. The zero-order chi connectivity index (χ0) is 27.0. The van der Waals surface area contributed by atoms with Crippen molar-refractivity contribution in [3.8, 4) is 0 Å². The second-order valence-corrected chi connectivity index (χ2v) is 12.3. The Balaban J connectivity index is 1.73. The molecule has 2 saturated heterocycles. The maximum Gasteiger partial charge on any atom is 0.417 e. The Kier molecular flexibility index (Phi) is 7.70. The van der Waals surface area contributed by atoms with Gasteiger partial charge < -0.3 is 9.47 Å². The summed E-state index contributed by atoms with van der Waals surface area (Å²) >= 11 is 3.47. The van der Waals surface area contributed by atoms with E-state index in [0.29, 0.717) is 19.3 Å². The van der Waals surface area contributed by atoms with Crippen LogP contribution in [0.5, 0.6) is 0 Å². The van der Waals surface area contributed by atoms with E-state index in [1.165, 1.54) is 4.90 Å². The fraction of sp³-hybridized carbons (Fsp3) is 0.483. The first kappa shape index (κ1) is 27.2. The zero-order valence-corrected chi connectivity index (χ0v) is 23.7. The maximum atomic E-state index is 14.3. The number of halogens is 1. The van der Waals surface area contributed by atoms with Crippen LogP contribution in [0, 0.1) is 0 Å². The third-order valence-corrected chi connectivity index (χ3v) is 7.55. The summed E-state index contributed by atoms with van der Waals surface area (Å²) in [5, 5.41) is 0. The van der Waals surface area contributed by atoms with Crippen molar-refractivity contribution < 1.29 is 23.9 Å². The summed E-state index contributed by atoms with van der Waals surface area (Å²) in [6.45, 7) is 9.60. The van der Waals surface area contributed by atoms with Gasteiger partial charge in [-0.15, -0.1) is 0 Å². The number of hydrogen-bond donors (Lipinski definition) is 0. The Bertz CT molecular complexity index is 1140. The molecule has 0 aliphatic carbocycles. The van der Waals surface area contributed by atoms with E-state index in [2.05, 4.69) is 15.9 Å². The van der Waals surface area contributed by atoms with Gasteiger partial charge in [-0.25, -0.2) is 14.5 Å². The van der Waals surface area contributed by atoms with E-state index in [9.17, 15) is 14.4 Å². The van der Waals surface area contributed by atoms with Gasteiger partial charge in [0.2, 0.25) is 5.91 Å². The number of imide groups is 1. The predicted octanol–water partition coefficient (Wildman–Crippen LogP) is 6.30. The first-order valence-electron chi connectivity index (χ1n) is 12.7. The molecule has 4 rings (SSSR count). The van der Waals surface area contributed by atoms with Gasteiger partial charge >= 0.3 is 12.2 Å². The highest BCUT2D eigenvalue weighted by atomic mass is 79.9. The van der Waals surface area contributed by atoms with Crippen LogP contribution in [0.15, 0.2) is 59.1 Å². The highest BCUT2D eigenvalue weighted by Crippen LogP contribution is 2.43. The summed E-state index contributed by atoms with van der Waals surface area (Å²) in [4.78, 5) is 43.7. The lowest BCUT2D eigenvalue weighted by atomic mass is 9.88. The van der Waals surface area contributed by atoms with Crippen molar-refractivity contribution in [2.24, 2.45) is 0 Å². The first-order valence-corrected chi connectivity index (χ1v) is 13.5.